The molecular formula is C20H30O2. The van der Waals surface area contributed by atoms with E-state index >= 15 is 0 Å². The number of rotatable bonds is 0. The van der Waals surface area contributed by atoms with Crippen molar-refractivity contribution in [3.63, 3.8) is 0 Å². The summed E-state index contributed by atoms with van der Waals surface area (Å²) < 4.78 is 0. The minimum absolute atomic E-state index is 0.0477. The largest absolute Gasteiger partial charge is 0.393 e. The average Bonchev–Trinajstić information content (AvgIpc) is 2.61. The Kier molecular flexibility index (Phi) is 3.67. The van der Waals surface area contributed by atoms with Crippen LogP contribution in [0.4, 0.5) is 0 Å². The van der Waals surface area contributed by atoms with Gasteiger partial charge >= 0.3 is 0 Å². The Hall–Kier alpha value is -0.890. The number of aliphatic hydroxyl groups excluding tert-OH is 1. The van der Waals surface area contributed by atoms with Crippen molar-refractivity contribution >= 4 is 5.78 Å². The fourth-order valence-corrected chi connectivity index (χ4v) is 5.63. The number of allylic oxidation sites excluding steroid dienone is 3. The Morgan fingerprint density at radius 2 is 1.91 bits per heavy atom. The first-order valence-corrected chi connectivity index (χ1v) is 8.75. The van der Waals surface area contributed by atoms with E-state index in [0.717, 1.165) is 37.7 Å². The van der Waals surface area contributed by atoms with Crippen LogP contribution >= 0.6 is 0 Å². The minimum atomic E-state index is -0.226. The van der Waals surface area contributed by atoms with Gasteiger partial charge in [0.05, 0.1) is 6.10 Å². The van der Waals surface area contributed by atoms with Crippen LogP contribution in [0.5, 0.6) is 0 Å². The summed E-state index contributed by atoms with van der Waals surface area (Å²) >= 11 is 0. The van der Waals surface area contributed by atoms with E-state index < -0.39 is 0 Å². The third-order valence-electron chi connectivity index (χ3n) is 7.02. The molecule has 3 fully saturated rings. The van der Waals surface area contributed by atoms with Gasteiger partial charge in [-0.05, 0) is 68.8 Å². The lowest BCUT2D eigenvalue weighted by Gasteiger charge is -2.47. The Balaban J connectivity index is 2.03. The second-order valence-corrected chi connectivity index (χ2v) is 8.73. The van der Waals surface area contributed by atoms with Crippen molar-refractivity contribution in [3.05, 3.63) is 23.3 Å². The summed E-state index contributed by atoms with van der Waals surface area (Å²) in [6.07, 6.45) is 5.27. The third-order valence-corrected chi connectivity index (χ3v) is 7.02. The summed E-state index contributed by atoms with van der Waals surface area (Å²) in [5.41, 5.74) is 3.57. The van der Waals surface area contributed by atoms with Crippen molar-refractivity contribution in [1.29, 1.82) is 0 Å². The fourth-order valence-electron chi connectivity index (χ4n) is 5.63. The van der Waals surface area contributed by atoms with Gasteiger partial charge in [-0.2, -0.15) is 0 Å². The van der Waals surface area contributed by atoms with Crippen LogP contribution in [-0.2, 0) is 4.79 Å². The second-order valence-electron chi connectivity index (χ2n) is 8.73. The summed E-state index contributed by atoms with van der Waals surface area (Å²) in [7, 11) is 0. The summed E-state index contributed by atoms with van der Waals surface area (Å²) in [4.78, 5) is 12.6. The number of carbonyl (C=O) groups excluding carboxylic acids is 1. The van der Waals surface area contributed by atoms with Gasteiger partial charge in [0.2, 0.25) is 0 Å². The zero-order valence-electron chi connectivity index (χ0n) is 14.5. The molecule has 0 aromatic carbocycles. The highest BCUT2D eigenvalue weighted by atomic mass is 16.3. The average molecular weight is 302 g/mol. The second kappa shape index (κ2) is 5.06. The summed E-state index contributed by atoms with van der Waals surface area (Å²) in [6, 6.07) is 0. The lowest BCUT2D eigenvalue weighted by Crippen LogP contribution is -2.44. The molecule has 0 saturated heterocycles. The number of ketones is 1. The number of aliphatic hydroxyl groups is 1. The van der Waals surface area contributed by atoms with Crippen molar-refractivity contribution in [2.45, 2.75) is 72.3 Å². The fraction of sp³-hybridized carbons (Fsp3) is 0.750. The molecule has 2 nitrogen and oxygen atoms in total. The molecule has 5 unspecified atom stereocenters. The molecule has 3 aliphatic carbocycles. The van der Waals surface area contributed by atoms with Crippen molar-refractivity contribution in [1.82, 2.24) is 0 Å². The van der Waals surface area contributed by atoms with Crippen LogP contribution in [0, 0.1) is 22.7 Å². The summed E-state index contributed by atoms with van der Waals surface area (Å²) in [5.74, 6) is 1.08. The van der Waals surface area contributed by atoms with E-state index in [1.807, 2.05) is 0 Å². The maximum atomic E-state index is 12.6. The highest BCUT2D eigenvalue weighted by Crippen LogP contribution is 2.61. The molecule has 0 bridgehead atoms. The standard InChI is InChI=1S/C20H30O2/c1-12(2)18-14-8-9-20(5)15(13(3)6-7-17(20)22)10-19(14,4)11-16(18)21/h14-15,17,22H,3,6-11H2,1-2,4-5H3. The minimum Gasteiger partial charge on any atom is -0.393 e. The van der Waals surface area contributed by atoms with E-state index in [4.69, 9.17) is 0 Å². The lowest BCUT2D eigenvalue weighted by molar-refractivity contribution is -0.115. The molecule has 122 valence electrons. The first-order valence-electron chi connectivity index (χ1n) is 8.75. The van der Waals surface area contributed by atoms with Crippen LogP contribution in [0.3, 0.4) is 0 Å². The lowest BCUT2D eigenvalue weighted by atomic mass is 9.59. The molecule has 22 heavy (non-hydrogen) atoms. The van der Waals surface area contributed by atoms with Crippen molar-refractivity contribution in [2.75, 3.05) is 0 Å². The topological polar surface area (TPSA) is 37.3 Å². The maximum absolute atomic E-state index is 12.6. The van der Waals surface area contributed by atoms with Crippen molar-refractivity contribution < 1.29 is 9.90 Å². The van der Waals surface area contributed by atoms with Gasteiger partial charge in [-0.25, -0.2) is 0 Å². The Bertz CT molecular complexity index is 554. The van der Waals surface area contributed by atoms with E-state index in [0.29, 0.717) is 24.0 Å². The molecule has 3 saturated carbocycles. The molecule has 2 heteroatoms. The molecule has 0 aromatic heterocycles. The zero-order valence-corrected chi connectivity index (χ0v) is 14.5. The SMILES string of the molecule is C=C1CCC(O)C2(C)CCC3C(=C(C)C)C(=O)CC3(C)CC12. The number of hydrogen-bond acceptors (Lipinski definition) is 2. The summed E-state index contributed by atoms with van der Waals surface area (Å²) in [5, 5.41) is 10.7. The van der Waals surface area contributed by atoms with Crippen LogP contribution in [0.1, 0.15) is 66.2 Å². The van der Waals surface area contributed by atoms with Crippen molar-refractivity contribution in [2.24, 2.45) is 22.7 Å². The Labute approximate surface area is 134 Å². The molecule has 0 radical (unpaired) electrons. The third kappa shape index (κ3) is 2.14. The number of hydrogen-bond donors (Lipinski definition) is 1. The quantitative estimate of drug-likeness (QED) is 0.531. The first-order chi connectivity index (χ1) is 10.2. The maximum Gasteiger partial charge on any atom is 0.159 e. The van der Waals surface area contributed by atoms with Gasteiger partial charge in [-0.1, -0.05) is 31.6 Å². The van der Waals surface area contributed by atoms with Gasteiger partial charge in [0.1, 0.15) is 0 Å². The number of Topliss-reactive ketones (excluding diaryl/α,β-unsaturated/α-hetero) is 1. The number of carbonyl (C=O) groups is 1. The van der Waals surface area contributed by atoms with E-state index in [9.17, 15) is 9.90 Å². The van der Waals surface area contributed by atoms with Crippen molar-refractivity contribution in [3.8, 4) is 0 Å². The van der Waals surface area contributed by atoms with Crippen LogP contribution in [-0.4, -0.2) is 17.0 Å². The molecule has 5 atom stereocenters. The van der Waals surface area contributed by atoms with E-state index in [2.05, 4.69) is 34.3 Å². The van der Waals surface area contributed by atoms with E-state index in [1.165, 1.54) is 11.1 Å². The Morgan fingerprint density at radius 1 is 1.23 bits per heavy atom. The van der Waals surface area contributed by atoms with E-state index in [-0.39, 0.29) is 16.9 Å². The zero-order chi connectivity index (χ0) is 16.3. The molecule has 0 aliphatic heterocycles. The van der Waals surface area contributed by atoms with Gasteiger partial charge < -0.3 is 5.11 Å². The highest BCUT2D eigenvalue weighted by molar-refractivity contribution is 5.99. The molecule has 1 N–H and O–H groups in total. The van der Waals surface area contributed by atoms with Gasteiger partial charge in [0.25, 0.3) is 0 Å². The molecule has 3 rings (SSSR count). The Morgan fingerprint density at radius 3 is 2.55 bits per heavy atom. The predicted molar refractivity (Wildman–Crippen MR) is 89.4 cm³/mol. The van der Waals surface area contributed by atoms with E-state index in [1.54, 1.807) is 0 Å². The smallest absolute Gasteiger partial charge is 0.159 e. The van der Waals surface area contributed by atoms with Gasteiger partial charge in [0, 0.05) is 11.8 Å². The van der Waals surface area contributed by atoms with Crippen LogP contribution in [0.15, 0.2) is 23.3 Å². The molecule has 0 heterocycles. The molecule has 0 aromatic rings. The molecule has 0 spiro atoms. The normalized spacial score (nSPS) is 45.3. The monoisotopic (exact) mass is 302 g/mol. The van der Waals surface area contributed by atoms with Crippen LogP contribution in [0.25, 0.3) is 0 Å². The van der Waals surface area contributed by atoms with Crippen LogP contribution in [0.2, 0.25) is 0 Å². The molecular weight excluding hydrogens is 272 g/mol. The molecule has 0 amide bonds. The first kappa shape index (κ1) is 16.0. The van der Waals surface area contributed by atoms with Gasteiger partial charge in [-0.15, -0.1) is 0 Å². The van der Waals surface area contributed by atoms with Gasteiger partial charge in [0.15, 0.2) is 5.78 Å². The molecule has 3 aliphatic rings. The number of fused-ring (bicyclic) bond motifs is 2. The van der Waals surface area contributed by atoms with Gasteiger partial charge in [-0.3, -0.25) is 4.79 Å². The van der Waals surface area contributed by atoms with Crippen LogP contribution < -0.4 is 0 Å². The highest BCUT2D eigenvalue weighted by Gasteiger charge is 2.56. The predicted octanol–water partition coefficient (Wildman–Crippen LogP) is 4.44. The summed E-state index contributed by atoms with van der Waals surface area (Å²) in [6.45, 7) is 13.0.